The van der Waals surface area contributed by atoms with E-state index in [1.165, 1.54) is 14.2 Å². The van der Waals surface area contributed by atoms with Crippen molar-refractivity contribution in [2.24, 2.45) is 5.41 Å². The Hall–Kier alpha value is -4.39. The van der Waals surface area contributed by atoms with Crippen molar-refractivity contribution in [2.45, 2.75) is 18.0 Å². The average Bonchev–Trinajstić information content (AvgIpc) is 3.38. The van der Waals surface area contributed by atoms with Crippen molar-refractivity contribution in [2.75, 3.05) is 26.2 Å². The molecule has 0 radical (unpaired) electrons. The maximum Gasteiger partial charge on any atom is 0.329 e. The molecule has 2 heterocycles. The second-order valence-electron chi connectivity index (χ2n) is 9.40. The van der Waals surface area contributed by atoms with Gasteiger partial charge >= 0.3 is 5.97 Å². The van der Waals surface area contributed by atoms with Crippen molar-refractivity contribution in [3.63, 3.8) is 0 Å². The number of benzene rings is 3. The smallest absolute Gasteiger partial charge is 0.329 e. The molecule has 7 nitrogen and oxygen atoms in total. The molecule has 1 unspecified atom stereocenters. The third-order valence-corrected chi connectivity index (χ3v) is 7.93. The van der Waals surface area contributed by atoms with E-state index in [1.807, 2.05) is 41.3 Å². The Morgan fingerprint density at radius 1 is 0.865 bits per heavy atom. The molecule has 0 N–H and O–H groups in total. The zero-order chi connectivity index (χ0) is 25.9. The Labute approximate surface area is 214 Å². The van der Waals surface area contributed by atoms with Gasteiger partial charge in [0.2, 0.25) is 0 Å². The van der Waals surface area contributed by atoms with E-state index in [0.29, 0.717) is 28.2 Å². The summed E-state index contributed by atoms with van der Waals surface area (Å²) in [5.74, 6) is -1.06. The molecule has 3 aromatic rings. The second kappa shape index (κ2) is 8.34. The molecule has 1 saturated heterocycles. The first-order valence-electron chi connectivity index (χ1n) is 12.0. The monoisotopic (exact) mass is 495 g/mol. The first kappa shape index (κ1) is 23.0. The summed E-state index contributed by atoms with van der Waals surface area (Å²) in [5, 5.41) is 0. The number of ether oxygens (including phenoxy) is 3. The molecule has 0 amide bonds. The van der Waals surface area contributed by atoms with E-state index in [-0.39, 0.29) is 11.6 Å². The number of carbonyl (C=O) groups is 3. The molecular formula is C30H25NO6. The normalized spacial score (nSPS) is 22.5. The van der Waals surface area contributed by atoms with E-state index in [2.05, 4.69) is 0 Å². The van der Waals surface area contributed by atoms with Gasteiger partial charge in [0.15, 0.2) is 11.6 Å². The number of methoxy groups -OCH3 is 3. The largest absolute Gasteiger partial charge is 0.497 e. The lowest BCUT2D eigenvalue weighted by Crippen LogP contribution is -2.48. The van der Waals surface area contributed by atoms with Crippen molar-refractivity contribution in [1.82, 2.24) is 0 Å². The number of rotatable bonds is 4. The van der Waals surface area contributed by atoms with E-state index < -0.39 is 29.4 Å². The van der Waals surface area contributed by atoms with Gasteiger partial charge in [-0.1, -0.05) is 60.7 Å². The minimum atomic E-state index is -1.60. The minimum Gasteiger partial charge on any atom is -0.497 e. The first-order valence-corrected chi connectivity index (χ1v) is 12.0. The lowest BCUT2D eigenvalue weighted by atomic mass is 9.64. The fourth-order valence-electron chi connectivity index (χ4n) is 6.43. The first-order chi connectivity index (χ1) is 18.0. The van der Waals surface area contributed by atoms with Crippen LogP contribution in [0.4, 0.5) is 5.69 Å². The highest BCUT2D eigenvalue weighted by atomic mass is 16.5. The summed E-state index contributed by atoms with van der Waals surface area (Å²) < 4.78 is 16.5. The van der Waals surface area contributed by atoms with Crippen LogP contribution in [-0.4, -0.2) is 50.9 Å². The van der Waals surface area contributed by atoms with Gasteiger partial charge in [0.25, 0.3) is 0 Å². The van der Waals surface area contributed by atoms with E-state index in [4.69, 9.17) is 14.2 Å². The molecule has 6 rings (SSSR count). The standard InChI is InChI=1S/C30H25NO6/c1-35-18-13-14-21(23(16-18)36-2)25-26(29(34)37-3)31-22-11-7-4-8-17(22)12-15-24(31)30(25)27(32)19-9-5-6-10-20(19)28(30)33/h4-16,24-26H,1-3H3/t24?,25-,26+/m0/s1. The van der Waals surface area contributed by atoms with Crippen molar-refractivity contribution in [3.8, 4) is 11.5 Å². The van der Waals surface area contributed by atoms with Crippen molar-refractivity contribution in [3.05, 3.63) is 95.1 Å². The predicted octanol–water partition coefficient (Wildman–Crippen LogP) is 4.31. The maximum atomic E-state index is 14.5. The van der Waals surface area contributed by atoms with Crippen LogP contribution >= 0.6 is 0 Å². The number of hydrogen-bond donors (Lipinski definition) is 0. The molecule has 186 valence electrons. The summed E-state index contributed by atoms with van der Waals surface area (Å²) in [6.45, 7) is 0. The molecule has 3 aromatic carbocycles. The van der Waals surface area contributed by atoms with Gasteiger partial charge in [-0.05, 0) is 17.7 Å². The van der Waals surface area contributed by atoms with Crippen LogP contribution in [0.5, 0.6) is 11.5 Å². The summed E-state index contributed by atoms with van der Waals surface area (Å²) in [7, 11) is 4.39. The van der Waals surface area contributed by atoms with Gasteiger partial charge < -0.3 is 19.1 Å². The van der Waals surface area contributed by atoms with Gasteiger partial charge in [-0.15, -0.1) is 0 Å². The summed E-state index contributed by atoms with van der Waals surface area (Å²) in [4.78, 5) is 44.4. The molecule has 0 bridgehead atoms. The van der Waals surface area contributed by atoms with Gasteiger partial charge in [-0.3, -0.25) is 9.59 Å². The summed E-state index contributed by atoms with van der Waals surface area (Å²) in [5.41, 5.74) is 1.34. The van der Waals surface area contributed by atoms with E-state index in [9.17, 15) is 14.4 Å². The second-order valence-corrected chi connectivity index (χ2v) is 9.40. The number of Topliss-reactive ketones (excluding diaryl/α,β-unsaturated/α-hetero) is 2. The van der Waals surface area contributed by atoms with Gasteiger partial charge in [0.1, 0.15) is 23.0 Å². The maximum absolute atomic E-state index is 14.5. The molecule has 1 aliphatic carbocycles. The number of hydrogen-bond acceptors (Lipinski definition) is 7. The van der Waals surface area contributed by atoms with Crippen molar-refractivity contribution in [1.29, 1.82) is 0 Å². The molecule has 0 aromatic heterocycles. The molecule has 1 spiro atoms. The topological polar surface area (TPSA) is 82.1 Å². The minimum absolute atomic E-state index is 0.304. The molecule has 0 saturated carbocycles. The van der Waals surface area contributed by atoms with Crippen LogP contribution in [0.15, 0.2) is 72.8 Å². The van der Waals surface area contributed by atoms with Crippen molar-refractivity contribution < 1.29 is 28.6 Å². The Morgan fingerprint density at radius 3 is 2.19 bits per heavy atom. The molecule has 3 aliphatic rings. The molecular weight excluding hydrogens is 470 g/mol. The zero-order valence-electron chi connectivity index (χ0n) is 20.6. The Kier molecular flexibility index (Phi) is 5.19. The van der Waals surface area contributed by atoms with Crippen molar-refractivity contribution >= 4 is 29.3 Å². The highest BCUT2D eigenvalue weighted by Crippen LogP contribution is 2.61. The summed E-state index contributed by atoms with van der Waals surface area (Å²) in [6.07, 6.45) is 3.79. The molecule has 7 heteroatoms. The quantitative estimate of drug-likeness (QED) is 0.394. The number of carbonyl (C=O) groups excluding carboxylic acids is 3. The fourth-order valence-corrected chi connectivity index (χ4v) is 6.43. The average molecular weight is 496 g/mol. The lowest BCUT2D eigenvalue weighted by molar-refractivity contribution is -0.142. The molecule has 3 atom stereocenters. The summed E-state index contributed by atoms with van der Waals surface area (Å²) >= 11 is 0. The number of ketones is 2. The predicted molar refractivity (Wildman–Crippen MR) is 137 cm³/mol. The highest BCUT2D eigenvalue weighted by molar-refractivity contribution is 6.32. The number of anilines is 1. The summed E-state index contributed by atoms with van der Waals surface area (Å²) in [6, 6.07) is 18.1. The van der Waals surface area contributed by atoms with E-state index in [1.54, 1.807) is 49.6 Å². The Bertz CT molecular complexity index is 1460. The van der Waals surface area contributed by atoms with Crippen LogP contribution < -0.4 is 14.4 Å². The van der Waals surface area contributed by atoms with Crippen LogP contribution in [0.2, 0.25) is 0 Å². The molecule has 37 heavy (non-hydrogen) atoms. The van der Waals surface area contributed by atoms with Gasteiger partial charge in [-0.2, -0.15) is 0 Å². The van der Waals surface area contributed by atoms with Crippen LogP contribution in [-0.2, 0) is 9.53 Å². The van der Waals surface area contributed by atoms with Crippen LogP contribution in [0.25, 0.3) is 6.08 Å². The highest BCUT2D eigenvalue weighted by Gasteiger charge is 2.72. The van der Waals surface area contributed by atoms with Crippen LogP contribution in [0, 0.1) is 5.41 Å². The van der Waals surface area contributed by atoms with E-state index in [0.717, 1.165) is 11.3 Å². The van der Waals surface area contributed by atoms with Gasteiger partial charge in [0.05, 0.1) is 27.4 Å². The zero-order valence-corrected chi connectivity index (χ0v) is 20.6. The number of fused-ring (bicyclic) bond motifs is 5. The van der Waals surface area contributed by atoms with Gasteiger partial charge in [-0.25, -0.2) is 4.79 Å². The van der Waals surface area contributed by atoms with E-state index >= 15 is 0 Å². The third-order valence-electron chi connectivity index (χ3n) is 7.93. The van der Waals surface area contributed by atoms with Crippen LogP contribution in [0.1, 0.15) is 37.8 Å². The SMILES string of the molecule is COC(=O)[C@H]1[C@H](c2ccc(OC)cc2OC)C2(C(=O)c3ccccc3C2=O)C2C=Cc3ccccc3N21. The fraction of sp³-hybridized carbons (Fsp3) is 0.233. The third kappa shape index (κ3) is 2.91. The number of nitrogens with zero attached hydrogens (tertiary/aromatic N) is 1. The Morgan fingerprint density at radius 2 is 1.54 bits per heavy atom. The van der Waals surface area contributed by atoms with Gasteiger partial charge in [0, 0.05) is 34.4 Å². The number of esters is 1. The lowest BCUT2D eigenvalue weighted by Gasteiger charge is -2.36. The molecule has 1 fully saturated rings. The number of para-hydroxylation sites is 1. The van der Waals surface area contributed by atoms with Crippen LogP contribution in [0.3, 0.4) is 0 Å². The Balaban J connectivity index is 1.70. The molecule has 2 aliphatic heterocycles.